The van der Waals surface area contributed by atoms with Gasteiger partial charge in [0.2, 0.25) is 5.88 Å². The zero-order valence-corrected chi connectivity index (χ0v) is 11.5. The first kappa shape index (κ1) is 13.0. The Bertz CT molecular complexity index is 528. The van der Waals surface area contributed by atoms with Crippen molar-refractivity contribution in [2.24, 2.45) is 0 Å². The molecule has 0 saturated heterocycles. The largest absolute Gasteiger partial charge is 0.437 e. The molecule has 0 bridgehead atoms. The highest BCUT2D eigenvalue weighted by Gasteiger charge is 2.07. The molecular formula is C12H12ClN3OS. The molecule has 0 aliphatic carbocycles. The van der Waals surface area contributed by atoms with Crippen LogP contribution in [0, 0.1) is 0 Å². The zero-order chi connectivity index (χ0) is 13.0. The highest BCUT2D eigenvalue weighted by atomic mass is 35.5. The van der Waals surface area contributed by atoms with Gasteiger partial charge in [0.15, 0.2) is 5.16 Å². The van der Waals surface area contributed by atoms with E-state index in [1.807, 2.05) is 18.4 Å². The van der Waals surface area contributed by atoms with Crippen molar-refractivity contribution in [1.29, 1.82) is 0 Å². The Labute approximate surface area is 115 Å². The molecule has 1 N–H and O–H groups in total. The molecule has 6 heteroatoms. The van der Waals surface area contributed by atoms with Gasteiger partial charge < -0.3 is 10.1 Å². The van der Waals surface area contributed by atoms with Crippen LogP contribution in [0.1, 0.15) is 0 Å². The number of nitrogens with one attached hydrogen (secondary N) is 1. The van der Waals surface area contributed by atoms with Crippen LogP contribution in [-0.2, 0) is 0 Å². The fourth-order valence-electron chi connectivity index (χ4n) is 1.32. The van der Waals surface area contributed by atoms with Crippen molar-refractivity contribution in [1.82, 2.24) is 9.97 Å². The number of benzene rings is 1. The lowest BCUT2D eigenvalue weighted by Crippen LogP contribution is -1.98. The molecule has 1 aromatic heterocycles. The Hall–Kier alpha value is -1.46. The van der Waals surface area contributed by atoms with Gasteiger partial charge in [0.05, 0.1) is 5.02 Å². The van der Waals surface area contributed by atoms with Crippen molar-refractivity contribution in [3.63, 3.8) is 0 Å². The predicted molar refractivity (Wildman–Crippen MR) is 74.9 cm³/mol. The lowest BCUT2D eigenvalue weighted by Gasteiger charge is -2.08. The molecule has 2 aromatic rings. The van der Waals surface area contributed by atoms with Gasteiger partial charge in [-0.3, -0.25) is 0 Å². The van der Waals surface area contributed by atoms with E-state index in [4.69, 9.17) is 16.3 Å². The zero-order valence-electron chi connectivity index (χ0n) is 9.98. The summed E-state index contributed by atoms with van der Waals surface area (Å²) in [7, 11) is 1.80. The average molecular weight is 282 g/mol. The van der Waals surface area contributed by atoms with E-state index in [1.165, 1.54) is 11.8 Å². The Morgan fingerprint density at radius 1 is 1.28 bits per heavy atom. The molecule has 1 heterocycles. The molecule has 0 aliphatic rings. The fraction of sp³-hybridized carbons (Fsp3) is 0.167. The molecule has 0 saturated carbocycles. The van der Waals surface area contributed by atoms with Gasteiger partial charge in [0, 0.05) is 13.1 Å². The summed E-state index contributed by atoms with van der Waals surface area (Å²) < 4.78 is 5.66. The molecule has 2 rings (SSSR count). The van der Waals surface area contributed by atoms with Gasteiger partial charge in [-0.15, -0.1) is 0 Å². The van der Waals surface area contributed by atoms with Crippen LogP contribution in [0.4, 0.5) is 5.82 Å². The summed E-state index contributed by atoms with van der Waals surface area (Å²) in [6.45, 7) is 0. The van der Waals surface area contributed by atoms with Crippen LogP contribution in [0.3, 0.4) is 0 Å². The molecule has 94 valence electrons. The maximum absolute atomic E-state index is 6.03. The fourth-order valence-corrected chi connectivity index (χ4v) is 1.86. The van der Waals surface area contributed by atoms with Gasteiger partial charge >= 0.3 is 0 Å². The molecule has 1 aromatic carbocycles. The number of ether oxygens (including phenoxy) is 1. The number of hydrogen-bond acceptors (Lipinski definition) is 5. The first-order valence-electron chi connectivity index (χ1n) is 5.26. The molecule has 0 unspecified atom stereocenters. The second-order valence-electron chi connectivity index (χ2n) is 3.36. The first-order chi connectivity index (χ1) is 8.72. The molecule has 0 aliphatic heterocycles. The van der Waals surface area contributed by atoms with Gasteiger partial charge in [-0.05, 0) is 18.4 Å². The molecule has 0 fully saturated rings. The van der Waals surface area contributed by atoms with E-state index < -0.39 is 0 Å². The lowest BCUT2D eigenvalue weighted by atomic mass is 10.3. The Morgan fingerprint density at radius 2 is 2.06 bits per heavy atom. The standard InChI is InChI=1S/C12H12ClN3OS/c1-14-10-7-11(16-12(15-10)18-2)17-9-6-4-3-5-8(9)13/h3-7H,1-2H3,(H,14,15,16). The summed E-state index contributed by atoms with van der Waals surface area (Å²) >= 11 is 7.48. The number of aromatic nitrogens is 2. The number of para-hydroxylation sites is 1. The number of thioether (sulfide) groups is 1. The van der Waals surface area contributed by atoms with Crippen LogP contribution < -0.4 is 10.1 Å². The van der Waals surface area contributed by atoms with E-state index >= 15 is 0 Å². The summed E-state index contributed by atoms with van der Waals surface area (Å²) in [5, 5.41) is 4.16. The Kier molecular flexibility index (Phi) is 4.28. The summed E-state index contributed by atoms with van der Waals surface area (Å²) in [5.74, 6) is 1.75. The average Bonchev–Trinajstić information content (AvgIpc) is 2.41. The van der Waals surface area contributed by atoms with Crippen molar-refractivity contribution in [3.05, 3.63) is 35.4 Å². The molecule has 0 atom stereocenters. The number of hydrogen-bond donors (Lipinski definition) is 1. The normalized spacial score (nSPS) is 10.2. The molecule has 0 amide bonds. The van der Waals surface area contributed by atoms with Crippen LogP contribution in [0.15, 0.2) is 35.5 Å². The summed E-state index contributed by atoms with van der Waals surface area (Å²) in [4.78, 5) is 8.53. The SMILES string of the molecule is CNc1cc(Oc2ccccc2Cl)nc(SC)n1. The smallest absolute Gasteiger partial charge is 0.225 e. The minimum absolute atomic E-state index is 0.465. The Balaban J connectivity index is 2.31. The van der Waals surface area contributed by atoms with Crippen molar-refractivity contribution in [2.75, 3.05) is 18.6 Å². The summed E-state index contributed by atoms with van der Waals surface area (Å²) in [5.41, 5.74) is 0. The van der Waals surface area contributed by atoms with Crippen molar-refractivity contribution < 1.29 is 4.74 Å². The van der Waals surface area contributed by atoms with E-state index in [9.17, 15) is 0 Å². The minimum Gasteiger partial charge on any atom is -0.437 e. The minimum atomic E-state index is 0.465. The third kappa shape index (κ3) is 3.05. The van der Waals surface area contributed by atoms with E-state index in [0.717, 1.165) is 0 Å². The molecule has 0 spiro atoms. The van der Waals surface area contributed by atoms with Crippen LogP contribution >= 0.6 is 23.4 Å². The highest BCUT2D eigenvalue weighted by molar-refractivity contribution is 7.98. The van der Waals surface area contributed by atoms with Crippen molar-refractivity contribution in [2.45, 2.75) is 5.16 Å². The number of halogens is 1. The maximum atomic E-state index is 6.03. The second kappa shape index (κ2) is 5.93. The van der Waals surface area contributed by atoms with Gasteiger partial charge in [0.25, 0.3) is 0 Å². The van der Waals surface area contributed by atoms with Crippen molar-refractivity contribution >= 4 is 29.2 Å². The van der Waals surface area contributed by atoms with E-state index in [-0.39, 0.29) is 0 Å². The molecular weight excluding hydrogens is 270 g/mol. The van der Waals surface area contributed by atoms with E-state index in [1.54, 1.807) is 25.2 Å². The number of anilines is 1. The van der Waals surface area contributed by atoms with Crippen molar-refractivity contribution in [3.8, 4) is 11.6 Å². The molecule has 4 nitrogen and oxygen atoms in total. The number of rotatable bonds is 4. The van der Waals surface area contributed by atoms with Crippen LogP contribution in [0.5, 0.6) is 11.6 Å². The number of nitrogens with zero attached hydrogens (tertiary/aromatic N) is 2. The predicted octanol–water partition coefficient (Wildman–Crippen LogP) is 3.69. The Morgan fingerprint density at radius 3 is 2.72 bits per heavy atom. The highest BCUT2D eigenvalue weighted by Crippen LogP contribution is 2.29. The second-order valence-corrected chi connectivity index (χ2v) is 4.54. The van der Waals surface area contributed by atoms with Gasteiger partial charge in [0.1, 0.15) is 11.6 Å². The van der Waals surface area contributed by atoms with E-state index in [0.29, 0.717) is 27.6 Å². The van der Waals surface area contributed by atoms with Gasteiger partial charge in [-0.25, -0.2) is 4.98 Å². The van der Waals surface area contributed by atoms with Gasteiger partial charge in [-0.1, -0.05) is 35.5 Å². The third-order valence-corrected chi connectivity index (χ3v) is 3.03. The lowest BCUT2D eigenvalue weighted by molar-refractivity contribution is 0.456. The van der Waals surface area contributed by atoms with Gasteiger partial charge in [-0.2, -0.15) is 4.98 Å². The van der Waals surface area contributed by atoms with Crippen LogP contribution in [-0.4, -0.2) is 23.3 Å². The monoisotopic (exact) mass is 281 g/mol. The van der Waals surface area contributed by atoms with Crippen LogP contribution in [0.25, 0.3) is 0 Å². The quantitative estimate of drug-likeness (QED) is 0.684. The topological polar surface area (TPSA) is 47.0 Å². The summed E-state index contributed by atoms with van der Waals surface area (Å²) in [6, 6.07) is 9.00. The maximum Gasteiger partial charge on any atom is 0.225 e. The molecule has 18 heavy (non-hydrogen) atoms. The van der Waals surface area contributed by atoms with E-state index in [2.05, 4.69) is 15.3 Å². The first-order valence-corrected chi connectivity index (χ1v) is 6.86. The molecule has 0 radical (unpaired) electrons. The third-order valence-electron chi connectivity index (χ3n) is 2.17. The van der Waals surface area contributed by atoms with Crippen LogP contribution in [0.2, 0.25) is 5.02 Å². The summed E-state index contributed by atoms with van der Waals surface area (Å²) in [6.07, 6.45) is 1.91.